The molecule has 92 valence electrons. The van der Waals surface area contributed by atoms with Crippen LogP contribution in [-0.4, -0.2) is 28.3 Å². The first-order valence-electron chi connectivity index (χ1n) is 5.75. The van der Waals surface area contributed by atoms with Crippen molar-refractivity contribution in [2.24, 2.45) is 11.7 Å². The van der Waals surface area contributed by atoms with Crippen LogP contribution in [0.5, 0.6) is 0 Å². The van der Waals surface area contributed by atoms with Crippen LogP contribution in [0, 0.1) is 5.92 Å². The first-order valence-corrected chi connectivity index (χ1v) is 5.75. The molecule has 2 rings (SSSR count). The van der Waals surface area contributed by atoms with Gasteiger partial charge in [0.05, 0.1) is 17.9 Å². The SMILES string of the molecule is COCCC(C)C(N)c1cnn2ccncc12. The minimum absolute atomic E-state index is 0.0353. The van der Waals surface area contributed by atoms with E-state index in [1.807, 2.05) is 12.4 Å². The lowest BCUT2D eigenvalue weighted by atomic mass is 9.94. The summed E-state index contributed by atoms with van der Waals surface area (Å²) >= 11 is 0. The number of aromatic nitrogens is 3. The summed E-state index contributed by atoms with van der Waals surface area (Å²) in [5.41, 5.74) is 8.27. The van der Waals surface area contributed by atoms with E-state index in [9.17, 15) is 0 Å². The summed E-state index contributed by atoms with van der Waals surface area (Å²) in [6.45, 7) is 2.86. The average molecular weight is 234 g/mol. The molecule has 0 fully saturated rings. The van der Waals surface area contributed by atoms with Gasteiger partial charge >= 0.3 is 0 Å². The molecule has 2 heterocycles. The molecular weight excluding hydrogens is 216 g/mol. The van der Waals surface area contributed by atoms with Crippen molar-refractivity contribution in [2.75, 3.05) is 13.7 Å². The van der Waals surface area contributed by atoms with Crippen molar-refractivity contribution in [1.82, 2.24) is 14.6 Å². The molecule has 0 saturated heterocycles. The predicted octanol–water partition coefficient (Wildman–Crippen LogP) is 1.40. The Bertz CT molecular complexity index is 482. The van der Waals surface area contributed by atoms with Crippen LogP contribution >= 0.6 is 0 Å². The number of methoxy groups -OCH3 is 1. The first kappa shape index (κ1) is 12.0. The zero-order chi connectivity index (χ0) is 12.3. The number of hydrogen-bond donors (Lipinski definition) is 1. The topological polar surface area (TPSA) is 65.4 Å². The molecule has 0 bridgehead atoms. The zero-order valence-electron chi connectivity index (χ0n) is 10.2. The smallest absolute Gasteiger partial charge is 0.0892 e. The van der Waals surface area contributed by atoms with E-state index in [1.165, 1.54) is 0 Å². The Hall–Kier alpha value is -1.46. The molecule has 0 amide bonds. The Labute approximate surface area is 101 Å². The molecule has 2 unspecified atom stereocenters. The summed E-state index contributed by atoms with van der Waals surface area (Å²) < 4.78 is 6.88. The van der Waals surface area contributed by atoms with Gasteiger partial charge in [0.1, 0.15) is 0 Å². The summed E-state index contributed by atoms with van der Waals surface area (Å²) in [5.74, 6) is 0.350. The Kier molecular flexibility index (Phi) is 3.71. The summed E-state index contributed by atoms with van der Waals surface area (Å²) in [7, 11) is 1.71. The molecule has 5 heteroatoms. The highest BCUT2D eigenvalue weighted by Crippen LogP contribution is 2.24. The maximum Gasteiger partial charge on any atom is 0.0892 e. The second kappa shape index (κ2) is 5.25. The van der Waals surface area contributed by atoms with Crippen LogP contribution in [0.1, 0.15) is 24.9 Å². The second-order valence-electron chi connectivity index (χ2n) is 4.29. The fraction of sp³-hybridized carbons (Fsp3) is 0.500. The van der Waals surface area contributed by atoms with E-state index >= 15 is 0 Å². The molecule has 0 radical (unpaired) electrons. The molecule has 0 spiro atoms. The minimum Gasteiger partial charge on any atom is -0.385 e. The van der Waals surface area contributed by atoms with Crippen molar-refractivity contribution in [3.05, 3.63) is 30.4 Å². The fourth-order valence-electron chi connectivity index (χ4n) is 1.90. The average Bonchev–Trinajstić information content (AvgIpc) is 2.78. The number of nitrogens with two attached hydrogens (primary N) is 1. The highest BCUT2D eigenvalue weighted by Gasteiger charge is 2.18. The van der Waals surface area contributed by atoms with Gasteiger partial charge in [0.15, 0.2) is 0 Å². The third kappa shape index (κ3) is 2.45. The Morgan fingerprint density at radius 1 is 1.47 bits per heavy atom. The maximum absolute atomic E-state index is 6.25. The van der Waals surface area contributed by atoms with Crippen LogP contribution in [0.2, 0.25) is 0 Å². The normalized spacial score (nSPS) is 15.0. The molecule has 17 heavy (non-hydrogen) atoms. The predicted molar refractivity (Wildman–Crippen MR) is 65.6 cm³/mol. The fourth-order valence-corrected chi connectivity index (χ4v) is 1.90. The van der Waals surface area contributed by atoms with Crippen LogP contribution in [0.25, 0.3) is 5.52 Å². The lowest BCUT2D eigenvalue weighted by Gasteiger charge is -2.18. The monoisotopic (exact) mass is 234 g/mol. The van der Waals surface area contributed by atoms with Gasteiger partial charge < -0.3 is 10.5 Å². The first-order chi connectivity index (χ1) is 8.24. The summed E-state index contributed by atoms with van der Waals surface area (Å²) in [6, 6.07) is -0.0353. The molecule has 2 aromatic heterocycles. The van der Waals surface area contributed by atoms with Gasteiger partial charge in [-0.1, -0.05) is 6.92 Å². The molecule has 2 aromatic rings. The number of rotatable bonds is 5. The van der Waals surface area contributed by atoms with Gasteiger partial charge in [-0.05, 0) is 12.3 Å². The third-order valence-corrected chi connectivity index (χ3v) is 3.10. The molecule has 5 nitrogen and oxygen atoms in total. The highest BCUT2D eigenvalue weighted by molar-refractivity contribution is 5.53. The van der Waals surface area contributed by atoms with Crippen LogP contribution in [0.15, 0.2) is 24.8 Å². The number of hydrogen-bond acceptors (Lipinski definition) is 4. The van der Waals surface area contributed by atoms with Crippen LogP contribution in [-0.2, 0) is 4.74 Å². The molecule has 0 aromatic carbocycles. The van der Waals surface area contributed by atoms with E-state index in [4.69, 9.17) is 10.5 Å². The van der Waals surface area contributed by atoms with Crippen LogP contribution in [0.4, 0.5) is 0 Å². The van der Waals surface area contributed by atoms with Gasteiger partial charge in [-0.2, -0.15) is 5.10 Å². The van der Waals surface area contributed by atoms with Crippen molar-refractivity contribution in [3.8, 4) is 0 Å². The molecule has 0 saturated carbocycles. The molecule has 2 N–H and O–H groups in total. The number of ether oxygens (including phenoxy) is 1. The van der Waals surface area contributed by atoms with E-state index < -0.39 is 0 Å². The molecular formula is C12H18N4O. The van der Waals surface area contributed by atoms with Gasteiger partial charge in [0.25, 0.3) is 0 Å². The van der Waals surface area contributed by atoms with E-state index in [0.29, 0.717) is 5.92 Å². The zero-order valence-corrected chi connectivity index (χ0v) is 10.2. The van der Waals surface area contributed by atoms with Crippen molar-refractivity contribution in [3.63, 3.8) is 0 Å². The number of nitrogens with zero attached hydrogens (tertiary/aromatic N) is 3. The van der Waals surface area contributed by atoms with Gasteiger partial charge in [0, 0.05) is 37.7 Å². The third-order valence-electron chi connectivity index (χ3n) is 3.10. The van der Waals surface area contributed by atoms with Crippen molar-refractivity contribution < 1.29 is 4.74 Å². The van der Waals surface area contributed by atoms with Crippen LogP contribution in [0.3, 0.4) is 0 Å². The Balaban J connectivity index is 2.21. The van der Waals surface area contributed by atoms with Crippen molar-refractivity contribution in [2.45, 2.75) is 19.4 Å². The van der Waals surface area contributed by atoms with Gasteiger partial charge in [-0.25, -0.2) is 4.52 Å². The standard InChI is InChI=1S/C12H18N4O/c1-9(3-6-17-2)12(13)10-7-15-16-5-4-14-8-11(10)16/h4-5,7-9,12H,3,6,13H2,1-2H3. The van der Waals surface area contributed by atoms with E-state index in [1.54, 1.807) is 24.0 Å². The Morgan fingerprint density at radius 2 is 2.29 bits per heavy atom. The number of fused-ring (bicyclic) bond motifs is 1. The molecule has 0 aliphatic carbocycles. The van der Waals surface area contributed by atoms with Crippen molar-refractivity contribution >= 4 is 5.52 Å². The highest BCUT2D eigenvalue weighted by atomic mass is 16.5. The lowest BCUT2D eigenvalue weighted by molar-refractivity contribution is 0.174. The lowest BCUT2D eigenvalue weighted by Crippen LogP contribution is -2.20. The summed E-state index contributed by atoms with van der Waals surface area (Å²) in [5, 5.41) is 4.27. The molecule has 0 aliphatic heterocycles. The summed E-state index contributed by atoms with van der Waals surface area (Å²) in [6.07, 6.45) is 8.10. The quantitative estimate of drug-likeness (QED) is 0.849. The second-order valence-corrected chi connectivity index (χ2v) is 4.29. The van der Waals surface area contributed by atoms with Gasteiger partial charge in [-0.15, -0.1) is 0 Å². The van der Waals surface area contributed by atoms with E-state index in [-0.39, 0.29) is 6.04 Å². The van der Waals surface area contributed by atoms with Crippen LogP contribution < -0.4 is 5.73 Å². The summed E-state index contributed by atoms with van der Waals surface area (Å²) in [4.78, 5) is 4.11. The Morgan fingerprint density at radius 3 is 3.06 bits per heavy atom. The van der Waals surface area contributed by atoms with Gasteiger partial charge in [0.2, 0.25) is 0 Å². The molecule has 0 aliphatic rings. The van der Waals surface area contributed by atoms with E-state index in [2.05, 4.69) is 17.0 Å². The minimum atomic E-state index is -0.0353. The van der Waals surface area contributed by atoms with Crippen molar-refractivity contribution in [1.29, 1.82) is 0 Å². The maximum atomic E-state index is 6.25. The van der Waals surface area contributed by atoms with Gasteiger partial charge in [-0.3, -0.25) is 4.98 Å². The largest absolute Gasteiger partial charge is 0.385 e. The van der Waals surface area contributed by atoms with E-state index in [0.717, 1.165) is 24.1 Å². The molecule has 2 atom stereocenters.